The molecule has 1 saturated heterocycles. The molecule has 0 aliphatic carbocycles. The lowest BCUT2D eigenvalue weighted by atomic mass is 10.1. The van der Waals surface area contributed by atoms with Gasteiger partial charge >= 0.3 is 0 Å². The van der Waals surface area contributed by atoms with Crippen LogP contribution in [0.25, 0.3) is 0 Å². The van der Waals surface area contributed by atoms with E-state index in [1.165, 1.54) is 10.4 Å². The first-order chi connectivity index (χ1) is 11.3. The standard InChI is InChI=1S/C17H27N3O3S.ClH/c1-5-20(6-2)24(22,23)16-11-15(8-7-13(16)3)17(21)19-10-9-18-14(4)12-19;/h7-8,11,14,18H,5-6,9-10,12H2,1-4H3;1H. The van der Waals surface area contributed by atoms with Crippen LogP contribution < -0.4 is 5.32 Å². The van der Waals surface area contributed by atoms with E-state index < -0.39 is 10.0 Å². The van der Waals surface area contributed by atoms with Crippen molar-refractivity contribution in [1.29, 1.82) is 0 Å². The van der Waals surface area contributed by atoms with E-state index in [2.05, 4.69) is 5.32 Å². The van der Waals surface area contributed by atoms with Crippen LogP contribution in [0.1, 0.15) is 36.7 Å². The Kier molecular flexibility index (Phi) is 7.87. The van der Waals surface area contributed by atoms with Crippen molar-refractivity contribution in [3.8, 4) is 0 Å². The Morgan fingerprint density at radius 3 is 2.52 bits per heavy atom. The summed E-state index contributed by atoms with van der Waals surface area (Å²) >= 11 is 0. The highest BCUT2D eigenvalue weighted by atomic mass is 35.5. The van der Waals surface area contributed by atoms with E-state index in [1.54, 1.807) is 24.0 Å². The van der Waals surface area contributed by atoms with Gasteiger partial charge in [-0.25, -0.2) is 8.42 Å². The molecule has 1 aromatic rings. The van der Waals surface area contributed by atoms with Crippen LogP contribution in [-0.2, 0) is 10.0 Å². The van der Waals surface area contributed by atoms with Crippen molar-refractivity contribution in [2.75, 3.05) is 32.7 Å². The maximum absolute atomic E-state index is 12.8. The van der Waals surface area contributed by atoms with Crippen LogP contribution in [-0.4, -0.2) is 62.3 Å². The molecule has 0 aromatic heterocycles. The van der Waals surface area contributed by atoms with Crippen LogP contribution in [0, 0.1) is 6.92 Å². The number of hydrogen-bond acceptors (Lipinski definition) is 4. The lowest BCUT2D eigenvalue weighted by Gasteiger charge is -2.32. The van der Waals surface area contributed by atoms with Crippen LogP contribution in [0.5, 0.6) is 0 Å². The second-order valence-corrected chi connectivity index (χ2v) is 8.08. The lowest BCUT2D eigenvalue weighted by Crippen LogP contribution is -2.51. The van der Waals surface area contributed by atoms with Gasteiger partial charge < -0.3 is 10.2 Å². The molecule has 0 saturated carbocycles. The van der Waals surface area contributed by atoms with E-state index in [4.69, 9.17) is 0 Å². The molecule has 1 atom stereocenters. The summed E-state index contributed by atoms with van der Waals surface area (Å²) in [6, 6.07) is 5.20. The van der Waals surface area contributed by atoms with Gasteiger partial charge in [-0.1, -0.05) is 19.9 Å². The molecule has 142 valence electrons. The molecular formula is C17H28ClN3O3S. The van der Waals surface area contributed by atoms with E-state index in [0.29, 0.717) is 37.3 Å². The molecule has 1 amide bonds. The number of carbonyl (C=O) groups excluding carboxylic acids is 1. The molecule has 1 unspecified atom stereocenters. The highest BCUT2D eigenvalue weighted by Crippen LogP contribution is 2.22. The SMILES string of the molecule is CCN(CC)S(=O)(=O)c1cc(C(=O)N2CCNC(C)C2)ccc1C.Cl. The number of sulfonamides is 1. The molecule has 0 radical (unpaired) electrons. The number of piperazine rings is 1. The van der Waals surface area contributed by atoms with Crippen molar-refractivity contribution >= 4 is 28.3 Å². The van der Waals surface area contributed by atoms with Crippen LogP contribution in [0.15, 0.2) is 23.1 Å². The van der Waals surface area contributed by atoms with E-state index >= 15 is 0 Å². The predicted octanol–water partition coefficient (Wildman–Crippen LogP) is 1.88. The van der Waals surface area contributed by atoms with Crippen molar-refractivity contribution in [1.82, 2.24) is 14.5 Å². The fourth-order valence-electron chi connectivity index (χ4n) is 3.01. The van der Waals surface area contributed by atoms with Gasteiger partial charge in [-0.2, -0.15) is 4.31 Å². The van der Waals surface area contributed by atoms with Crippen molar-refractivity contribution in [2.45, 2.75) is 38.6 Å². The summed E-state index contributed by atoms with van der Waals surface area (Å²) in [5.74, 6) is -0.112. The van der Waals surface area contributed by atoms with Crippen LogP contribution in [0.4, 0.5) is 0 Å². The molecule has 8 heteroatoms. The smallest absolute Gasteiger partial charge is 0.253 e. The molecule has 0 spiro atoms. The Bertz CT molecular complexity index is 705. The van der Waals surface area contributed by atoms with Gasteiger partial charge in [0, 0.05) is 44.3 Å². The molecule has 0 bridgehead atoms. The highest BCUT2D eigenvalue weighted by molar-refractivity contribution is 7.89. The third kappa shape index (κ3) is 4.73. The molecule has 1 fully saturated rings. The number of halogens is 1. The number of hydrogen-bond donors (Lipinski definition) is 1. The molecule has 2 rings (SSSR count). The lowest BCUT2D eigenvalue weighted by molar-refractivity contribution is 0.0709. The van der Waals surface area contributed by atoms with Crippen molar-refractivity contribution in [3.63, 3.8) is 0 Å². The normalized spacial score (nSPS) is 18.1. The van der Waals surface area contributed by atoms with Crippen molar-refractivity contribution in [2.24, 2.45) is 0 Å². The van der Waals surface area contributed by atoms with Crippen LogP contribution >= 0.6 is 12.4 Å². The second-order valence-electron chi connectivity index (χ2n) is 6.18. The summed E-state index contributed by atoms with van der Waals surface area (Å²) < 4.78 is 27.0. The van der Waals surface area contributed by atoms with Crippen LogP contribution in [0.3, 0.4) is 0 Å². The monoisotopic (exact) mass is 389 g/mol. The molecule has 1 heterocycles. The fraction of sp³-hybridized carbons (Fsp3) is 0.588. The fourth-order valence-corrected chi connectivity index (χ4v) is 4.72. The minimum atomic E-state index is -3.58. The number of carbonyl (C=O) groups is 1. The molecule has 1 aliphatic rings. The first-order valence-electron chi connectivity index (χ1n) is 8.44. The third-order valence-corrected chi connectivity index (χ3v) is 6.61. The second kappa shape index (κ2) is 8.98. The van der Waals surface area contributed by atoms with Crippen molar-refractivity contribution < 1.29 is 13.2 Å². The van der Waals surface area contributed by atoms with E-state index in [-0.39, 0.29) is 29.3 Å². The summed E-state index contributed by atoms with van der Waals surface area (Å²) in [5, 5.41) is 3.30. The number of benzene rings is 1. The predicted molar refractivity (Wildman–Crippen MR) is 102 cm³/mol. The number of amides is 1. The van der Waals surface area contributed by atoms with Gasteiger partial charge in [0.1, 0.15) is 0 Å². The van der Waals surface area contributed by atoms with Crippen LogP contribution in [0.2, 0.25) is 0 Å². The zero-order chi connectivity index (χ0) is 17.9. The summed E-state index contributed by atoms with van der Waals surface area (Å²) in [6.07, 6.45) is 0. The van der Waals surface area contributed by atoms with Crippen molar-refractivity contribution in [3.05, 3.63) is 29.3 Å². The van der Waals surface area contributed by atoms with Gasteiger partial charge in [-0.15, -0.1) is 12.4 Å². The number of nitrogens with one attached hydrogen (secondary N) is 1. The van der Waals surface area contributed by atoms with Gasteiger partial charge in [0.05, 0.1) is 4.90 Å². The Balaban J connectivity index is 0.00000312. The Labute approximate surface area is 157 Å². The maximum atomic E-state index is 12.8. The molecular weight excluding hydrogens is 362 g/mol. The summed E-state index contributed by atoms with van der Waals surface area (Å²) in [6.45, 7) is 10.3. The Morgan fingerprint density at radius 1 is 1.32 bits per heavy atom. The topological polar surface area (TPSA) is 69.7 Å². The number of rotatable bonds is 5. The largest absolute Gasteiger partial charge is 0.336 e. The third-order valence-electron chi connectivity index (χ3n) is 4.41. The summed E-state index contributed by atoms with van der Waals surface area (Å²) in [4.78, 5) is 14.7. The zero-order valence-corrected chi connectivity index (χ0v) is 16.9. The van der Waals surface area contributed by atoms with Gasteiger partial charge in [0.25, 0.3) is 5.91 Å². The van der Waals surface area contributed by atoms with E-state index in [1.807, 2.05) is 20.8 Å². The zero-order valence-electron chi connectivity index (χ0n) is 15.3. The van der Waals surface area contributed by atoms with Gasteiger partial charge in [0.2, 0.25) is 10.0 Å². The Morgan fingerprint density at radius 2 is 1.96 bits per heavy atom. The quantitative estimate of drug-likeness (QED) is 0.834. The molecule has 6 nitrogen and oxygen atoms in total. The first-order valence-corrected chi connectivity index (χ1v) is 9.88. The highest BCUT2D eigenvalue weighted by Gasteiger charge is 2.27. The van der Waals surface area contributed by atoms with E-state index in [0.717, 1.165) is 6.54 Å². The first kappa shape index (κ1) is 21.9. The average molecular weight is 390 g/mol. The number of aryl methyl sites for hydroxylation is 1. The minimum Gasteiger partial charge on any atom is -0.336 e. The minimum absolute atomic E-state index is 0. The van der Waals surface area contributed by atoms with Gasteiger partial charge in [-0.3, -0.25) is 4.79 Å². The number of nitrogens with zero attached hydrogens (tertiary/aromatic N) is 2. The molecule has 1 aromatic carbocycles. The maximum Gasteiger partial charge on any atom is 0.253 e. The average Bonchev–Trinajstić information content (AvgIpc) is 2.55. The molecule has 1 N–H and O–H groups in total. The summed E-state index contributed by atoms with van der Waals surface area (Å²) in [7, 11) is -3.58. The summed E-state index contributed by atoms with van der Waals surface area (Å²) in [5.41, 5.74) is 1.09. The van der Waals surface area contributed by atoms with Gasteiger partial charge in [-0.05, 0) is 31.5 Å². The molecule has 1 aliphatic heterocycles. The van der Waals surface area contributed by atoms with E-state index in [9.17, 15) is 13.2 Å². The molecule has 25 heavy (non-hydrogen) atoms. The van der Waals surface area contributed by atoms with Gasteiger partial charge in [0.15, 0.2) is 0 Å². The Hall–Kier alpha value is -1.15.